The molecule has 0 N–H and O–H groups in total. The third-order valence-electron chi connectivity index (χ3n) is 2.79. The summed E-state index contributed by atoms with van der Waals surface area (Å²) in [4.78, 5) is 19.0. The number of thiophene rings is 1. The molecule has 0 unspecified atom stereocenters. The van der Waals surface area contributed by atoms with Crippen molar-refractivity contribution in [2.24, 2.45) is 5.92 Å². The van der Waals surface area contributed by atoms with Gasteiger partial charge in [-0.25, -0.2) is 4.98 Å². The average Bonchev–Trinajstić information content (AvgIpc) is 2.67. The van der Waals surface area contributed by atoms with Gasteiger partial charge in [-0.05, 0) is 25.3 Å². The van der Waals surface area contributed by atoms with Crippen LogP contribution in [0, 0.1) is 12.8 Å². The van der Waals surface area contributed by atoms with Crippen molar-refractivity contribution in [2.45, 2.75) is 40.7 Å². The van der Waals surface area contributed by atoms with Crippen LogP contribution in [0.15, 0.2) is 10.9 Å². The lowest BCUT2D eigenvalue weighted by Gasteiger charge is -2.11. The molecule has 2 rings (SSSR count). The highest BCUT2D eigenvalue weighted by atomic mass is 32.1. The Morgan fingerprint density at radius 1 is 1.47 bits per heavy atom. The first-order valence-electron chi connectivity index (χ1n) is 6.02. The Morgan fingerprint density at radius 3 is 2.76 bits per heavy atom. The fourth-order valence-corrected chi connectivity index (χ4v) is 2.93. The van der Waals surface area contributed by atoms with E-state index < -0.39 is 0 Å². The Labute approximate surface area is 105 Å². The van der Waals surface area contributed by atoms with E-state index in [1.807, 2.05) is 13.0 Å². The molecule has 0 aliphatic rings. The fraction of sp³-hybridized carbons (Fsp3) is 0.538. The van der Waals surface area contributed by atoms with Gasteiger partial charge in [0.1, 0.15) is 10.7 Å². The van der Waals surface area contributed by atoms with Crippen LogP contribution >= 0.6 is 11.3 Å². The molecule has 0 amide bonds. The third-order valence-corrected chi connectivity index (χ3v) is 3.96. The topological polar surface area (TPSA) is 34.9 Å². The molecule has 0 radical (unpaired) electrons. The SMILES string of the molecule is CCc1cc2c(=O)n(CC(C)C)c(C)nc2s1. The van der Waals surface area contributed by atoms with Crippen LogP contribution in [0.25, 0.3) is 10.2 Å². The Hall–Kier alpha value is -1.16. The number of nitrogens with zero attached hydrogens (tertiary/aromatic N) is 2. The number of hydrogen-bond donors (Lipinski definition) is 0. The standard InChI is InChI=1S/C13H18N2OS/c1-5-10-6-11-12(17-10)14-9(4)15(13(11)16)7-8(2)3/h6,8H,5,7H2,1-4H3. The van der Waals surface area contributed by atoms with Crippen molar-refractivity contribution in [3.63, 3.8) is 0 Å². The molecule has 0 aliphatic heterocycles. The van der Waals surface area contributed by atoms with Crippen LogP contribution in [0.1, 0.15) is 31.5 Å². The maximum Gasteiger partial charge on any atom is 0.262 e. The van der Waals surface area contributed by atoms with Crippen LogP contribution in [0.3, 0.4) is 0 Å². The molecule has 4 heteroatoms. The van der Waals surface area contributed by atoms with Gasteiger partial charge in [-0.3, -0.25) is 9.36 Å². The summed E-state index contributed by atoms with van der Waals surface area (Å²) >= 11 is 1.63. The van der Waals surface area contributed by atoms with E-state index in [0.29, 0.717) is 5.92 Å². The number of hydrogen-bond acceptors (Lipinski definition) is 3. The van der Waals surface area contributed by atoms with Crippen LogP contribution in [0.2, 0.25) is 0 Å². The van der Waals surface area contributed by atoms with E-state index in [1.54, 1.807) is 15.9 Å². The predicted octanol–water partition coefficient (Wildman–Crippen LogP) is 2.98. The van der Waals surface area contributed by atoms with Crippen LogP contribution in [0.4, 0.5) is 0 Å². The van der Waals surface area contributed by atoms with Crippen molar-refractivity contribution in [2.75, 3.05) is 0 Å². The first-order chi connectivity index (χ1) is 8.02. The lowest BCUT2D eigenvalue weighted by molar-refractivity contribution is 0.498. The maximum absolute atomic E-state index is 12.3. The van der Waals surface area contributed by atoms with Gasteiger partial charge in [-0.15, -0.1) is 11.3 Å². The Balaban J connectivity index is 2.66. The summed E-state index contributed by atoms with van der Waals surface area (Å²) in [6.07, 6.45) is 0.962. The first-order valence-corrected chi connectivity index (χ1v) is 6.84. The summed E-state index contributed by atoms with van der Waals surface area (Å²) in [7, 11) is 0. The zero-order chi connectivity index (χ0) is 12.6. The molecule has 3 nitrogen and oxygen atoms in total. The van der Waals surface area contributed by atoms with Gasteiger partial charge >= 0.3 is 0 Å². The molecule has 2 aromatic rings. The van der Waals surface area contributed by atoms with Gasteiger partial charge in [0.15, 0.2) is 0 Å². The average molecular weight is 250 g/mol. The maximum atomic E-state index is 12.3. The van der Waals surface area contributed by atoms with Crippen molar-refractivity contribution < 1.29 is 0 Å². The molecule has 2 aromatic heterocycles. The van der Waals surface area contributed by atoms with Crippen LogP contribution in [-0.4, -0.2) is 9.55 Å². The van der Waals surface area contributed by atoms with Gasteiger partial charge < -0.3 is 0 Å². The molecule has 2 heterocycles. The normalized spacial score (nSPS) is 11.6. The monoisotopic (exact) mass is 250 g/mol. The third kappa shape index (κ3) is 2.27. The van der Waals surface area contributed by atoms with Gasteiger partial charge in [-0.2, -0.15) is 0 Å². The molecule has 0 spiro atoms. The Morgan fingerprint density at radius 2 is 2.18 bits per heavy atom. The van der Waals surface area contributed by atoms with Gasteiger partial charge in [0, 0.05) is 11.4 Å². The highest BCUT2D eigenvalue weighted by molar-refractivity contribution is 7.18. The lowest BCUT2D eigenvalue weighted by atomic mass is 10.2. The number of rotatable bonds is 3. The molecule has 0 aromatic carbocycles. The van der Waals surface area contributed by atoms with E-state index in [0.717, 1.165) is 29.0 Å². The summed E-state index contributed by atoms with van der Waals surface area (Å²) < 4.78 is 1.79. The van der Waals surface area contributed by atoms with E-state index in [2.05, 4.69) is 25.8 Å². The van der Waals surface area contributed by atoms with E-state index in [-0.39, 0.29) is 5.56 Å². The summed E-state index contributed by atoms with van der Waals surface area (Å²) in [5, 5.41) is 0.776. The van der Waals surface area contributed by atoms with Crippen LogP contribution in [-0.2, 0) is 13.0 Å². The van der Waals surface area contributed by atoms with Crippen molar-refractivity contribution in [1.82, 2.24) is 9.55 Å². The largest absolute Gasteiger partial charge is 0.296 e. The zero-order valence-electron chi connectivity index (χ0n) is 10.8. The van der Waals surface area contributed by atoms with Crippen LogP contribution < -0.4 is 5.56 Å². The highest BCUT2D eigenvalue weighted by Gasteiger charge is 2.11. The Bertz CT molecular complexity index is 595. The fourth-order valence-electron chi connectivity index (χ4n) is 1.92. The van der Waals surface area contributed by atoms with Gasteiger partial charge in [0.05, 0.1) is 5.39 Å². The van der Waals surface area contributed by atoms with Crippen molar-refractivity contribution in [1.29, 1.82) is 0 Å². The number of aryl methyl sites for hydroxylation is 2. The van der Waals surface area contributed by atoms with Crippen molar-refractivity contribution in [3.8, 4) is 0 Å². The molecule has 0 fully saturated rings. The van der Waals surface area contributed by atoms with E-state index in [4.69, 9.17) is 0 Å². The van der Waals surface area contributed by atoms with Crippen molar-refractivity contribution in [3.05, 3.63) is 27.1 Å². The smallest absolute Gasteiger partial charge is 0.262 e. The molecule has 0 atom stereocenters. The molecule has 0 saturated heterocycles. The molecule has 92 valence electrons. The molecule has 17 heavy (non-hydrogen) atoms. The summed E-state index contributed by atoms with van der Waals surface area (Å²) in [5.74, 6) is 1.27. The van der Waals surface area contributed by atoms with E-state index in [1.165, 1.54) is 4.88 Å². The summed E-state index contributed by atoms with van der Waals surface area (Å²) in [5.41, 5.74) is 0.108. The predicted molar refractivity (Wildman–Crippen MR) is 72.8 cm³/mol. The lowest BCUT2D eigenvalue weighted by Crippen LogP contribution is -2.25. The summed E-state index contributed by atoms with van der Waals surface area (Å²) in [6, 6.07) is 1.99. The van der Waals surface area contributed by atoms with E-state index in [9.17, 15) is 4.79 Å². The minimum Gasteiger partial charge on any atom is -0.296 e. The highest BCUT2D eigenvalue weighted by Crippen LogP contribution is 2.22. The van der Waals surface area contributed by atoms with Gasteiger partial charge in [0.25, 0.3) is 5.56 Å². The minimum atomic E-state index is 0.108. The van der Waals surface area contributed by atoms with Crippen molar-refractivity contribution >= 4 is 21.6 Å². The molecule has 0 bridgehead atoms. The zero-order valence-corrected chi connectivity index (χ0v) is 11.6. The van der Waals surface area contributed by atoms with E-state index >= 15 is 0 Å². The second-order valence-electron chi connectivity index (χ2n) is 4.75. The minimum absolute atomic E-state index is 0.108. The van der Waals surface area contributed by atoms with Crippen LogP contribution in [0.5, 0.6) is 0 Å². The molecule has 0 saturated carbocycles. The van der Waals surface area contributed by atoms with Gasteiger partial charge in [0.2, 0.25) is 0 Å². The quantitative estimate of drug-likeness (QED) is 0.839. The summed E-state index contributed by atoms with van der Waals surface area (Å²) in [6.45, 7) is 8.98. The first kappa shape index (κ1) is 12.3. The molecular formula is C13H18N2OS. The second kappa shape index (κ2) is 4.61. The van der Waals surface area contributed by atoms with Gasteiger partial charge in [-0.1, -0.05) is 20.8 Å². The second-order valence-corrected chi connectivity index (χ2v) is 5.87. The molecular weight excluding hydrogens is 232 g/mol. The molecule has 0 aliphatic carbocycles. The Kier molecular flexibility index (Phi) is 3.33. The number of aromatic nitrogens is 2. The number of fused-ring (bicyclic) bond motifs is 1.